The van der Waals surface area contributed by atoms with E-state index in [0.29, 0.717) is 21.2 Å². The molecule has 0 amide bonds. The number of rotatable bonds is 3. The van der Waals surface area contributed by atoms with Crippen LogP contribution < -0.4 is 5.32 Å². The third-order valence-electron chi connectivity index (χ3n) is 2.61. The Morgan fingerprint density at radius 3 is 2.65 bits per heavy atom. The van der Waals surface area contributed by atoms with Gasteiger partial charge in [-0.25, -0.2) is 4.98 Å². The van der Waals surface area contributed by atoms with Crippen LogP contribution in [0.1, 0.15) is 21.5 Å². The molecule has 1 atom stereocenters. The number of thiazole rings is 1. The lowest BCUT2D eigenvalue weighted by Gasteiger charge is -2.16. The molecule has 0 aliphatic rings. The monoisotopic (exact) mass is 432 g/mol. The molecule has 0 bridgehead atoms. The maximum atomic E-state index is 12.6. The smallest absolute Gasteiger partial charge is 0.309 e. The Morgan fingerprint density at radius 1 is 1.40 bits per heavy atom. The van der Waals surface area contributed by atoms with Crippen molar-refractivity contribution in [2.45, 2.75) is 12.2 Å². The van der Waals surface area contributed by atoms with E-state index in [-0.39, 0.29) is 6.04 Å². The maximum Gasteiger partial charge on any atom is 0.443 e. The second kappa shape index (κ2) is 6.17. The van der Waals surface area contributed by atoms with Crippen LogP contribution in [0.25, 0.3) is 0 Å². The molecular formula is C12H9ClF3IN2S. The molecule has 1 unspecified atom stereocenters. The lowest BCUT2D eigenvalue weighted by Crippen LogP contribution is -2.17. The third kappa shape index (κ3) is 3.44. The Morgan fingerprint density at radius 2 is 2.10 bits per heavy atom. The predicted octanol–water partition coefficient (Wildman–Crippen LogP) is 4.73. The summed E-state index contributed by atoms with van der Waals surface area (Å²) in [6.07, 6.45) is -3.16. The first-order valence-corrected chi connectivity index (χ1v) is 7.75. The van der Waals surface area contributed by atoms with Crippen LogP contribution in [0.4, 0.5) is 13.2 Å². The highest BCUT2D eigenvalue weighted by atomic mass is 127. The Labute approximate surface area is 136 Å². The minimum Gasteiger partial charge on any atom is -0.309 e. The second-order valence-electron chi connectivity index (χ2n) is 3.95. The van der Waals surface area contributed by atoms with Gasteiger partial charge in [-0.2, -0.15) is 13.2 Å². The molecule has 0 aliphatic carbocycles. The van der Waals surface area contributed by atoms with Crippen LogP contribution in [-0.2, 0) is 6.18 Å². The SMILES string of the molecule is CNC(c1cnc(C(F)(F)F)s1)c1cc(Cl)ccc1I. The molecule has 1 heterocycles. The van der Waals surface area contributed by atoms with Gasteiger partial charge in [0.25, 0.3) is 0 Å². The number of aromatic nitrogens is 1. The van der Waals surface area contributed by atoms with Gasteiger partial charge >= 0.3 is 6.18 Å². The van der Waals surface area contributed by atoms with E-state index in [2.05, 4.69) is 32.9 Å². The van der Waals surface area contributed by atoms with E-state index >= 15 is 0 Å². The summed E-state index contributed by atoms with van der Waals surface area (Å²) in [7, 11) is 1.69. The summed E-state index contributed by atoms with van der Waals surface area (Å²) >= 11 is 8.73. The molecule has 0 radical (unpaired) electrons. The van der Waals surface area contributed by atoms with Crippen LogP contribution in [0, 0.1) is 3.57 Å². The highest BCUT2D eigenvalue weighted by Crippen LogP contribution is 2.37. The highest BCUT2D eigenvalue weighted by molar-refractivity contribution is 14.1. The van der Waals surface area contributed by atoms with Gasteiger partial charge < -0.3 is 5.32 Å². The minimum atomic E-state index is -4.41. The topological polar surface area (TPSA) is 24.9 Å². The van der Waals surface area contributed by atoms with E-state index < -0.39 is 11.2 Å². The first kappa shape index (κ1) is 16.0. The van der Waals surface area contributed by atoms with Crippen molar-refractivity contribution in [2.75, 3.05) is 7.05 Å². The van der Waals surface area contributed by atoms with Crippen LogP contribution in [0.15, 0.2) is 24.4 Å². The summed E-state index contributed by atoms with van der Waals surface area (Å²) < 4.78 is 38.8. The number of alkyl halides is 3. The zero-order valence-electron chi connectivity index (χ0n) is 10.1. The summed E-state index contributed by atoms with van der Waals surface area (Å²) in [6, 6.07) is 4.95. The standard InChI is InChI=1S/C12H9ClF3IN2S/c1-18-10(7-4-6(13)2-3-8(7)17)9-5-19-11(20-9)12(14,15)16/h2-5,10,18H,1H3. The Hall–Kier alpha value is -0.380. The van der Waals surface area contributed by atoms with Crippen LogP contribution in [0.3, 0.4) is 0 Å². The summed E-state index contributed by atoms with van der Waals surface area (Å²) in [6.45, 7) is 0. The van der Waals surface area contributed by atoms with Gasteiger partial charge in [-0.15, -0.1) is 11.3 Å². The fraction of sp³-hybridized carbons (Fsp3) is 0.250. The molecule has 0 saturated carbocycles. The van der Waals surface area contributed by atoms with Crippen molar-refractivity contribution in [2.24, 2.45) is 0 Å². The fourth-order valence-corrected chi connectivity index (χ4v) is 3.48. The molecule has 2 nitrogen and oxygen atoms in total. The first-order valence-electron chi connectivity index (χ1n) is 5.48. The molecule has 0 saturated heterocycles. The minimum absolute atomic E-state index is 0.366. The van der Waals surface area contributed by atoms with Crippen molar-refractivity contribution < 1.29 is 13.2 Å². The number of halogens is 5. The lowest BCUT2D eigenvalue weighted by molar-refractivity contribution is -0.137. The molecule has 2 rings (SSSR count). The molecule has 1 aromatic heterocycles. The molecule has 108 valence electrons. The Balaban J connectivity index is 2.42. The number of hydrogen-bond donors (Lipinski definition) is 1. The summed E-state index contributed by atoms with van der Waals surface area (Å²) in [5.74, 6) is 0. The number of benzene rings is 1. The van der Waals surface area contributed by atoms with Crippen LogP contribution in [-0.4, -0.2) is 12.0 Å². The normalized spacial score (nSPS) is 13.5. The van der Waals surface area contributed by atoms with Gasteiger partial charge in [-0.05, 0) is 53.4 Å². The quantitative estimate of drug-likeness (QED) is 0.710. The van der Waals surface area contributed by atoms with Crippen molar-refractivity contribution in [3.8, 4) is 0 Å². The van der Waals surface area contributed by atoms with Crippen LogP contribution in [0.2, 0.25) is 5.02 Å². The van der Waals surface area contributed by atoms with Crippen LogP contribution >= 0.6 is 45.5 Å². The van der Waals surface area contributed by atoms with Crippen molar-refractivity contribution in [1.82, 2.24) is 10.3 Å². The number of hydrogen-bond acceptors (Lipinski definition) is 3. The van der Waals surface area contributed by atoms with Gasteiger partial charge in [0.2, 0.25) is 0 Å². The number of nitrogens with zero attached hydrogens (tertiary/aromatic N) is 1. The van der Waals surface area contributed by atoms with Gasteiger partial charge in [0.1, 0.15) is 0 Å². The van der Waals surface area contributed by atoms with Gasteiger partial charge in [-0.1, -0.05) is 11.6 Å². The fourth-order valence-electron chi connectivity index (χ4n) is 1.74. The molecule has 8 heteroatoms. The average molecular weight is 433 g/mol. The number of nitrogens with one attached hydrogen (secondary N) is 1. The molecule has 0 fully saturated rings. The van der Waals surface area contributed by atoms with E-state index in [1.165, 1.54) is 6.20 Å². The Bertz CT molecular complexity index is 615. The molecule has 1 aromatic carbocycles. The average Bonchev–Trinajstić information content (AvgIpc) is 2.84. The summed E-state index contributed by atoms with van der Waals surface area (Å²) in [5, 5.41) is 2.71. The lowest BCUT2D eigenvalue weighted by atomic mass is 10.1. The first-order chi connectivity index (χ1) is 9.32. The third-order valence-corrected chi connectivity index (χ3v) is 4.93. The van der Waals surface area contributed by atoms with Crippen molar-refractivity contribution in [3.05, 3.63) is 48.4 Å². The summed E-state index contributed by atoms with van der Waals surface area (Å²) in [4.78, 5) is 3.95. The van der Waals surface area contributed by atoms with Crippen molar-refractivity contribution in [1.29, 1.82) is 0 Å². The largest absolute Gasteiger partial charge is 0.443 e. The Kier molecular flexibility index (Phi) is 4.93. The molecule has 20 heavy (non-hydrogen) atoms. The van der Waals surface area contributed by atoms with E-state index in [9.17, 15) is 13.2 Å². The van der Waals surface area contributed by atoms with Gasteiger partial charge in [-0.3, -0.25) is 0 Å². The molecule has 0 aliphatic heterocycles. The van der Waals surface area contributed by atoms with Gasteiger partial charge in [0.05, 0.1) is 6.04 Å². The molecular weight excluding hydrogens is 424 g/mol. The van der Waals surface area contributed by atoms with Crippen molar-refractivity contribution >= 4 is 45.5 Å². The van der Waals surface area contributed by atoms with Crippen molar-refractivity contribution in [3.63, 3.8) is 0 Å². The zero-order valence-corrected chi connectivity index (χ0v) is 13.9. The van der Waals surface area contributed by atoms with Crippen LogP contribution in [0.5, 0.6) is 0 Å². The highest BCUT2D eigenvalue weighted by Gasteiger charge is 2.35. The molecule has 1 N–H and O–H groups in total. The van der Waals surface area contributed by atoms with E-state index in [4.69, 9.17) is 11.6 Å². The zero-order chi connectivity index (χ0) is 14.9. The molecule has 2 aromatic rings. The van der Waals surface area contributed by atoms with E-state index in [0.717, 1.165) is 9.13 Å². The van der Waals surface area contributed by atoms with E-state index in [1.54, 1.807) is 19.2 Å². The summed E-state index contributed by atoms with van der Waals surface area (Å²) in [5.41, 5.74) is 0.831. The van der Waals surface area contributed by atoms with Gasteiger partial charge in [0, 0.05) is 19.7 Å². The van der Waals surface area contributed by atoms with E-state index in [1.807, 2.05) is 6.07 Å². The second-order valence-corrected chi connectivity index (χ2v) is 6.61. The van der Waals surface area contributed by atoms with Gasteiger partial charge in [0.15, 0.2) is 5.01 Å². The maximum absolute atomic E-state index is 12.6. The molecule has 0 spiro atoms. The predicted molar refractivity (Wildman–Crippen MR) is 82.2 cm³/mol.